The van der Waals surface area contributed by atoms with Crippen molar-refractivity contribution < 1.29 is 0 Å². The number of benzene rings is 1. The Morgan fingerprint density at radius 3 is 2.50 bits per heavy atom. The van der Waals surface area contributed by atoms with Crippen molar-refractivity contribution in [2.24, 2.45) is 0 Å². The van der Waals surface area contributed by atoms with E-state index >= 15 is 0 Å². The Labute approximate surface area is 117 Å². The molecule has 0 saturated carbocycles. The molecule has 0 aliphatic heterocycles. The maximum absolute atomic E-state index is 5.91. The highest BCUT2D eigenvalue weighted by Crippen LogP contribution is 2.28. The van der Waals surface area contributed by atoms with Crippen LogP contribution in [0.2, 0.25) is 5.02 Å². The zero-order valence-corrected chi connectivity index (χ0v) is 12.4. The van der Waals surface area contributed by atoms with Crippen molar-refractivity contribution in [3.8, 4) is 0 Å². The molecule has 1 N–H and O–H groups in total. The second kappa shape index (κ2) is 5.39. The molecule has 0 saturated heterocycles. The fourth-order valence-corrected chi connectivity index (χ4v) is 2.98. The van der Waals surface area contributed by atoms with Gasteiger partial charge < -0.3 is 5.32 Å². The number of hydrogen-bond donors (Lipinski definition) is 1. The average Bonchev–Trinajstić information content (AvgIpc) is 2.79. The monoisotopic (exact) mass is 280 g/mol. The molecule has 2 aromatic rings. The van der Waals surface area contributed by atoms with Gasteiger partial charge in [-0.1, -0.05) is 23.7 Å². The summed E-state index contributed by atoms with van der Waals surface area (Å²) in [5.74, 6) is 0. The predicted molar refractivity (Wildman–Crippen MR) is 78.4 cm³/mol. The van der Waals surface area contributed by atoms with E-state index in [2.05, 4.69) is 34.7 Å². The molecule has 0 aliphatic rings. The molecule has 18 heavy (non-hydrogen) atoms. The van der Waals surface area contributed by atoms with Crippen molar-refractivity contribution in [3.63, 3.8) is 0 Å². The van der Waals surface area contributed by atoms with Crippen LogP contribution in [0.3, 0.4) is 0 Å². The number of likely N-dealkylation sites (N-methyl/N-ethyl adjacent to an activating group) is 1. The van der Waals surface area contributed by atoms with Crippen LogP contribution in [0.4, 0.5) is 0 Å². The quantitative estimate of drug-likeness (QED) is 0.922. The van der Waals surface area contributed by atoms with Gasteiger partial charge in [0, 0.05) is 16.1 Å². The van der Waals surface area contributed by atoms with Gasteiger partial charge in [-0.25, -0.2) is 4.98 Å². The van der Waals surface area contributed by atoms with Crippen molar-refractivity contribution in [2.75, 3.05) is 7.05 Å². The summed E-state index contributed by atoms with van der Waals surface area (Å²) in [7, 11) is 1.98. The number of aromatic nitrogens is 1. The number of nitrogens with one attached hydrogen (secondary N) is 1. The van der Waals surface area contributed by atoms with Crippen LogP contribution in [0.5, 0.6) is 0 Å². The third-order valence-electron chi connectivity index (χ3n) is 3.11. The van der Waals surface area contributed by atoms with Gasteiger partial charge in [-0.05, 0) is 45.0 Å². The number of halogens is 1. The third kappa shape index (κ3) is 2.91. The summed E-state index contributed by atoms with van der Waals surface area (Å²) < 4.78 is 0. The summed E-state index contributed by atoms with van der Waals surface area (Å²) >= 11 is 7.61. The molecule has 0 radical (unpaired) electrons. The number of rotatable bonds is 4. The molecule has 1 unspecified atom stereocenters. The van der Waals surface area contributed by atoms with Gasteiger partial charge in [-0.15, -0.1) is 11.3 Å². The van der Waals surface area contributed by atoms with Gasteiger partial charge in [0.05, 0.1) is 5.54 Å². The lowest BCUT2D eigenvalue weighted by atomic mass is 9.93. The molecular weight excluding hydrogens is 264 g/mol. The zero-order valence-electron chi connectivity index (χ0n) is 10.8. The lowest BCUT2D eigenvalue weighted by molar-refractivity contribution is 0.395. The Morgan fingerprint density at radius 2 is 2.00 bits per heavy atom. The highest BCUT2D eigenvalue weighted by atomic mass is 35.5. The lowest BCUT2D eigenvalue weighted by Crippen LogP contribution is -2.38. The molecule has 96 valence electrons. The van der Waals surface area contributed by atoms with Gasteiger partial charge >= 0.3 is 0 Å². The summed E-state index contributed by atoms with van der Waals surface area (Å²) in [4.78, 5) is 4.60. The van der Waals surface area contributed by atoms with Crippen LogP contribution in [0, 0.1) is 6.92 Å². The molecule has 2 nitrogen and oxygen atoms in total. The van der Waals surface area contributed by atoms with Gasteiger partial charge in [0.1, 0.15) is 5.01 Å². The van der Waals surface area contributed by atoms with Gasteiger partial charge in [0.15, 0.2) is 0 Å². The highest BCUT2D eigenvalue weighted by molar-refractivity contribution is 7.09. The summed E-state index contributed by atoms with van der Waals surface area (Å²) in [6.45, 7) is 4.21. The zero-order chi connectivity index (χ0) is 13.2. The summed E-state index contributed by atoms with van der Waals surface area (Å²) in [5, 5.41) is 7.37. The Morgan fingerprint density at radius 1 is 1.33 bits per heavy atom. The minimum absolute atomic E-state index is 0.132. The molecule has 0 amide bonds. The van der Waals surface area contributed by atoms with Crippen molar-refractivity contribution in [3.05, 3.63) is 50.9 Å². The van der Waals surface area contributed by atoms with Gasteiger partial charge in [0.25, 0.3) is 0 Å². The maximum Gasteiger partial charge on any atom is 0.113 e. The topological polar surface area (TPSA) is 24.9 Å². The summed E-state index contributed by atoms with van der Waals surface area (Å²) in [6, 6.07) is 8.00. The minimum atomic E-state index is -0.132. The fourth-order valence-electron chi connectivity index (χ4n) is 1.89. The van der Waals surface area contributed by atoms with Crippen molar-refractivity contribution in [2.45, 2.75) is 25.8 Å². The van der Waals surface area contributed by atoms with Gasteiger partial charge in [-0.3, -0.25) is 0 Å². The van der Waals surface area contributed by atoms with E-state index in [1.807, 2.05) is 26.1 Å². The smallest absolute Gasteiger partial charge is 0.113 e. The van der Waals surface area contributed by atoms with Crippen molar-refractivity contribution in [1.29, 1.82) is 0 Å². The molecular formula is C14H17ClN2S. The molecule has 1 atom stereocenters. The second-order valence-electron chi connectivity index (χ2n) is 4.68. The number of thiazole rings is 1. The van der Waals surface area contributed by atoms with E-state index in [-0.39, 0.29) is 5.54 Å². The number of hydrogen-bond acceptors (Lipinski definition) is 3. The van der Waals surface area contributed by atoms with E-state index in [1.165, 1.54) is 5.56 Å². The van der Waals surface area contributed by atoms with Crippen LogP contribution < -0.4 is 5.32 Å². The second-order valence-corrected chi connectivity index (χ2v) is 5.97. The Bertz CT molecular complexity index is 521. The van der Waals surface area contributed by atoms with Gasteiger partial charge in [-0.2, -0.15) is 0 Å². The Kier molecular flexibility index (Phi) is 4.05. The van der Waals surface area contributed by atoms with E-state index < -0.39 is 0 Å². The molecule has 4 heteroatoms. The molecule has 1 aromatic heterocycles. The molecule has 0 bridgehead atoms. The Hall–Kier alpha value is -0.900. The summed E-state index contributed by atoms with van der Waals surface area (Å²) in [5.41, 5.74) is 2.20. The van der Waals surface area contributed by atoms with Crippen LogP contribution in [-0.2, 0) is 12.0 Å². The molecule has 1 aromatic carbocycles. The minimum Gasteiger partial charge on any atom is -0.308 e. The number of nitrogens with zero attached hydrogens (tertiary/aromatic N) is 1. The van der Waals surface area contributed by atoms with E-state index in [0.717, 1.165) is 22.1 Å². The van der Waals surface area contributed by atoms with Crippen molar-refractivity contribution >= 4 is 22.9 Å². The van der Waals surface area contributed by atoms with Crippen LogP contribution in [-0.4, -0.2) is 12.0 Å². The first-order valence-corrected chi connectivity index (χ1v) is 7.15. The summed E-state index contributed by atoms with van der Waals surface area (Å²) in [6.07, 6.45) is 0.896. The molecule has 2 rings (SSSR count). The van der Waals surface area contributed by atoms with Crippen LogP contribution in [0.25, 0.3) is 0 Å². The largest absolute Gasteiger partial charge is 0.308 e. The molecule has 1 heterocycles. The lowest BCUT2D eigenvalue weighted by Gasteiger charge is -2.27. The van der Waals surface area contributed by atoms with Gasteiger partial charge in [0.2, 0.25) is 0 Å². The first kappa shape index (κ1) is 13.5. The molecule has 0 aliphatic carbocycles. The fraction of sp³-hybridized carbons (Fsp3) is 0.357. The van der Waals surface area contributed by atoms with E-state index in [4.69, 9.17) is 11.6 Å². The highest BCUT2D eigenvalue weighted by Gasteiger charge is 2.28. The van der Waals surface area contributed by atoms with Crippen LogP contribution in [0.15, 0.2) is 29.6 Å². The third-order valence-corrected chi connectivity index (χ3v) is 4.59. The van der Waals surface area contributed by atoms with E-state index in [1.54, 1.807) is 11.3 Å². The Balaban J connectivity index is 2.25. The first-order valence-electron chi connectivity index (χ1n) is 5.89. The number of aryl methyl sites for hydroxylation is 1. The molecule has 0 fully saturated rings. The van der Waals surface area contributed by atoms with E-state index in [9.17, 15) is 0 Å². The van der Waals surface area contributed by atoms with E-state index in [0.29, 0.717) is 0 Å². The predicted octanol–water partition coefficient (Wildman–Crippen LogP) is 3.78. The van der Waals surface area contributed by atoms with Crippen molar-refractivity contribution in [1.82, 2.24) is 10.3 Å². The maximum atomic E-state index is 5.91. The average molecular weight is 281 g/mol. The normalized spacial score (nSPS) is 14.4. The first-order chi connectivity index (χ1) is 8.53. The standard InChI is InChI=1S/C14H17ClN2S/c1-10-9-18-13(17-10)14(2,16-3)8-11-4-6-12(15)7-5-11/h4-7,9,16H,8H2,1-3H3. The van der Waals surface area contributed by atoms with Crippen LogP contribution >= 0.6 is 22.9 Å². The molecule has 0 spiro atoms. The SMILES string of the molecule is CNC(C)(Cc1ccc(Cl)cc1)c1nc(C)cs1. The van der Waals surface area contributed by atoms with Crippen LogP contribution in [0.1, 0.15) is 23.2 Å².